The van der Waals surface area contributed by atoms with E-state index in [1.165, 1.54) is 5.56 Å². The zero-order valence-electron chi connectivity index (χ0n) is 13.6. The minimum Gasteiger partial charge on any atom is -0.497 e. The van der Waals surface area contributed by atoms with Crippen molar-refractivity contribution in [3.05, 3.63) is 59.7 Å². The Hall–Kier alpha value is -2.04. The van der Waals surface area contributed by atoms with Crippen LogP contribution >= 0.6 is 0 Å². The van der Waals surface area contributed by atoms with Crippen molar-refractivity contribution in [2.45, 2.75) is 24.7 Å². The highest BCUT2D eigenvalue weighted by Crippen LogP contribution is 2.50. The molecule has 2 aliphatic heterocycles. The van der Waals surface area contributed by atoms with Gasteiger partial charge in [-0.25, -0.2) is 0 Å². The zero-order valence-corrected chi connectivity index (χ0v) is 13.6. The number of nitrogens with zero attached hydrogens (tertiary/aromatic N) is 2. The normalized spacial score (nSPS) is 26.2. The molecular formula is C19H22N2O2. The van der Waals surface area contributed by atoms with E-state index < -0.39 is 5.60 Å². The Balaban J connectivity index is 1.71. The predicted octanol–water partition coefficient (Wildman–Crippen LogP) is 2.56. The highest BCUT2D eigenvalue weighted by atomic mass is 16.5. The van der Waals surface area contributed by atoms with Gasteiger partial charge in [0.05, 0.1) is 7.11 Å². The van der Waals surface area contributed by atoms with Gasteiger partial charge in [0.2, 0.25) is 0 Å². The van der Waals surface area contributed by atoms with E-state index in [-0.39, 0.29) is 6.17 Å². The smallest absolute Gasteiger partial charge is 0.127 e. The average molecular weight is 310 g/mol. The van der Waals surface area contributed by atoms with Crippen LogP contribution in [-0.2, 0) is 12.1 Å². The molecule has 1 fully saturated rings. The zero-order chi connectivity index (χ0) is 16.0. The summed E-state index contributed by atoms with van der Waals surface area (Å²) in [7, 11) is 3.77. The van der Waals surface area contributed by atoms with Crippen molar-refractivity contribution in [1.82, 2.24) is 4.90 Å². The third-order valence-corrected chi connectivity index (χ3v) is 5.18. The molecule has 4 nitrogen and oxygen atoms in total. The predicted molar refractivity (Wildman–Crippen MR) is 90.6 cm³/mol. The van der Waals surface area contributed by atoms with Crippen LogP contribution in [0.5, 0.6) is 5.75 Å². The van der Waals surface area contributed by atoms with Crippen LogP contribution in [0.4, 0.5) is 5.69 Å². The molecule has 0 bridgehead atoms. The van der Waals surface area contributed by atoms with Gasteiger partial charge in [-0.05, 0) is 37.2 Å². The second-order valence-corrected chi connectivity index (χ2v) is 6.52. The summed E-state index contributed by atoms with van der Waals surface area (Å²) in [6.45, 7) is 1.69. The lowest BCUT2D eigenvalue weighted by Gasteiger charge is -2.34. The van der Waals surface area contributed by atoms with Gasteiger partial charge in [-0.1, -0.05) is 30.3 Å². The minimum absolute atomic E-state index is 0.00185. The van der Waals surface area contributed by atoms with E-state index >= 15 is 0 Å². The summed E-state index contributed by atoms with van der Waals surface area (Å²) in [6.07, 6.45) is 0.784. The second-order valence-electron chi connectivity index (χ2n) is 6.52. The number of aliphatic hydroxyl groups is 1. The molecule has 2 heterocycles. The van der Waals surface area contributed by atoms with Crippen molar-refractivity contribution in [3.8, 4) is 5.75 Å². The molecule has 0 saturated carbocycles. The van der Waals surface area contributed by atoms with E-state index in [1.807, 2.05) is 24.3 Å². The SMILES string of the molecule is COc1ccc(CN2c3ccccc3[C@]3(O)CCN(C)[C@H]23)cc1. The molecule has 0 aliphatic carbocycles. The summed E-state index contributed by atoms with van der Waals surface area (Å²) in [5.41, 5.74) is 2.65. The fraction of sp³-hybridized carbons (Fsp3) is 0.368. The van der Waals surface area contributed by atoms with Crippen LogP contribution in [-0.4, -0.2) is 36.9 Å². The molecule has 1 N–H and O–H groups in total. The fourth-order valence-corrected chi connectivity index (χ4v) is 4.05. The van der Waals surface area contributed by atoms with Gasteiger partial charge in [0, 0.05) is 24.3 Å². The Morgan fingerprint density at radius 1 is 1.17 bits per heavy atom. The van der Waals surface area contributed by atoms with Crippen molar-refractivity contribution in [1.29, 1.82) is 0 Å². The second kappa shape index (κ2) is 5.25. The number of hydrogen-bond donors (Lipinski definition) is 1. The van der Waals surface area contributed by atoms with E-state index in [1.54, 1.807) is 7.11 Å². The molecule has 4 heteroatoms. The van der Waals surface area contributed by atoms with Crippen LogP contribution in [0.2, 0.25) is 0 Å². The first kappa shape index (κ1) is 14.5. The van der Waals surface area contributed by atoms with Crippen molar-refractivity contribution in [2.75, 3.05) is 25.6 Å². The number of ether oxygens (including phenoxy) is 1. The van der Waals surface area contributed by atoms with E-state index in [4.69, 9.17) is 4.74 Å². The van der Waals surface area contributed by atoms with E-state index in [0.717, 1.165) is 36.5 Å². The molecule has 0 amide bonds. The highest BCUT2D eigenvalue weighted by Gasteiger charge is 2.55. The third kappa shape index (κ3) is 2.13. The fourth-order valence-electron chi connectivity index (χ4n) is 4.05. The van der Waals surface area contributed by atoms with Gasteiger partial charge in [-0.3, -0.25) is 4.90 Å². The van der Waals surface area contributed by atoms with Crippen molar-refractivity contribution < 1.29 is 9.84 Å². The molecule has 120 valence electrons. The summed E-state index contributed by atoms with van der Waals surface area (Å²) in [5, 5.41) is 11.3. The highest BCUT2D eigenvalue weighted by molar-refractivity contribution is 5.64. The third-order valence-electron chi connectivity index (χ3n) is 5.18. The first-order chi connectivity index (χ1) is 11.1. The molecule has 2 aliphatic rings. The van der Waals surface area contributed by atoms with Crippen molar-refractivity contribution in [2.24, 2.45) is 0 Å². The first-order valence-corrected chi connectivity index (χ1v) is 8.05. The number of para-hydroxylation sites is 1. The van der Waals surface area contributed by atoms with Crippen molar-refractivity contribution >= 4 is 5.69 Å². The number of likely N-dealkylation sites (N-methyl/N-ethyl adjacent to an activating group) is 1. The molecule has 2 aromatic rings. The molecule has 23 heavy (non-hydrogen) atoms. The van der Waals surface area contributed by atoms with Crippen LogP contribution in [0.1, 0.15) is 17.5 Å². The molecule has 0 spiro atoms. The Kier molecular flexibility index (Phi) is 3.32. The Labute approximate surface area is 136 Å². The summed E-state index contributed by atoms with van der Waals surface area (Å²) < 4.78 is 5.24. The quantitative estimate of drug-likeness (QED) is 0.945. The van der Waals surface area contributed by atoms with E-state index in [9.17, 15) is 5.11 Å². The molecule has 2 atom stereocenters. The topological polar surface area (TPSA) is 35.9 Å². The van der Waals surface area contributed by atoms with Gasteiger partial charge in [0.25, 0.3) is 0 Å². The Morgan fingerprint density at radius 3 is 2.65 bits per heavy atom. The van der Waals surface area contributed by atoms with Crippen LogP contribution in [0.25, 0.3) is 0 Å². The maximum absolute atomic E-state index is 11.3. The van der Waals surface area contributed by atoms with E-state index in [2.05, 4.69) is 41.1 Å². The molecule has 2 aromatic carbocycles. The van der Waals surface area contributed by atoms with Crippen LogP contribution in [0.15, 0.2) is 48.5 Å². The van der Waals surface area contributed by atoms with Crippen LogP contribution in [0, 0.1) is 0 Å². The van der Waals surface area contributed by atoms with Gasteiger partial charge >= 0.3 is 0 Å². The van der Waals surface area contributed by atoms with Gasteiger partial charge in [-0.15, -0.1) is 0 Å². The summed E-state index contributed by atoms with van der Waals surface area (Å²) in [4.78, 5) is 4.58. The minimum atomic E-state index is -0.766. The molecule has 0 unspecified atom stereocenters. The molecule has 0 aromatic heterocycles. The number of anilines is 1. The van der Waals surface area contributed by atoms with Crippen LogP contribution < -0.4 is 9.64 Å². The van der Waals surface area contributed by atoms with Gasteiger partial charge in [0.15, 0.2) is 0 Å². The van der Waals surface area contributed by atoms with E-state index in [0.29, 0.717) is 0 Å². The molecule has 0 radical (unpaired) electrons. The number of rotatable bonds is 3. The average Bonchev–Trinajstić information content (AvgIpc) is 3.02. The van der Waals surface area contributed by atoms with Crippen LogP contribution in [0.3, 0.4) is 0 Å². The maximum atomic E-state index is 11.3. The number of hydrogen-bond acceptors (Lipinski definition) is 4. The van der Waals surface area contributed by atoms with Gasteiger partial charge in [-0.2, -0.15) is 0 Å². The molecule has 1 saturated heterocycles. The van der Waals surface area contributed by atoms with Crippen molar-refractivity contribution in [3.63, 3.8) is 0 Å². The number of likely N-dealkylation sites (tertiary alicyclic amines) is 1. The Bertz CT molecular complexity index is 716. The lowest BCUT2D eigenvalue weighted by atomic mass is 9.93. The molecule has 4 rings (SSSR count). The standard InChI is InChI=1S/C19H22N2O2/c1-20-12-11-19(22)16-5-3-4-6-17(16)21(18(19)20)13-14-7-9-15(23-2)10-8-14/h3-10,18,22H,11-13H2,1-2H3/t18-,19-/m1/s1. The van der Waals surface area contributed by atoms with Gasteiger partial charge < -0.3 is 14.7 Å². The number of methoxy groups -OCH3 is 1. The van der Waals surface area contributed by atoms with Gasteiger partial charge in [0.1, 0.15) is 17.5 Å². The molecular weight excluding hydrogens is 288 g/mol. The summed E-state index contributed by atoms with van der Waals surface area (Å²) >= 11 is 0. The summed E-state index contributed by atoms with van der Waals surface area (Å²) in [5.74, 6) is 0.866. The lowest BCUT2D eigenvalue weighted by Crippen LogP contribution is -2.48. The summed E-state index contributed by atoms with van der Waals surface area (Å²) in [6, 6.07) is 16.4. The first-order valence-electron chi connectivity index (χ1n) is 8.05. The monoisotopic (exact) mass is 310 g/mol. The number of fused-ring (bicyclic) bond motifs is 3. The maximum Gasteiger partial charge on any atom is 0.127 e. The number of benzene rings is 2. The Morgan fingerprint density at radius 2 is 1.91 bits per heavy atom. The lowest BCUT2D eigenvalue weighted by molar-refractivity contribution is 0.0142. The largest absolute Gasteiger partial charge is 0.497 e.